The van der Waals surface area contributed by atoms with Crippen molar-refractivity contribution in [2.75, 3.05) is 40.5 Å². The van der Waals surface area contributed by atoms with E-state index in [2.05, 4.69) is 11.8 Å². The predicted molar refractivity (Wildman–Crippen MR) is 106 cm³/mol. The van der Waals surface area contributed by atoms with Gasteiger partial charge in [-0.1, -0.05) is 12.1 Å². The number of nitrogens with zero attached hydrogens (tertiary/aromatic N) is 3. The highest BCUT2D eigenvalue weighted by molar-refractivity contribution is 6.07. The first-order valence-corrected chi connectivity index (χ1v) is 9.96. The van der Waals surface area contributed by atoms with Crippen molar-refractivity contribution in [1.82, 2.24) is 14.7 Å². The molecule has 0 aromatic heterocycles. The molecule has 0 bridgehead atoms. The van der Waals surface area contributed by atoms with Crippen LogP contribution in [0.4, 0.5) is 4.79 Å². The Balaban J connectivity index is 1.78. The number of hydrogen-bond acceptors (Lipinski definition) is 5. The molecule has 1 unspecified atom stereocenters. The van der Waals surface area contributed by atoms with Crippen LogP contribution in [0.5, 0.6) is 5.75 Å². The molecule has 7 nitrogen and oxygen atoms in total. The summed E-state index contributed by atoms with van der Waals surface area (Å²) < 4.78 is 10.5. The maximum atomic E-state index is 13.4. The Bertz CT molecular complexity index is 715. The van der Waals surface area contributed by atoms with Gasteiger partial charge in [0.1, 0.15) is 11.3 Å². The van der Waals surface area contributed by atoms with Gasteiger partial charge in [0, 0.05) is 32.8 Å². The van der Waals surface area contributed by atoms with Crippen LogP contribution in [0.2, 0.25) is 0 Å². The fraction of sp³-hybridized carbons (Fsp3) is 0.619. The first-order chi connectivity index (χ1) is 13.5. The summed E-state index contributed by atoms with van der Waals surface area (Å²) in [6.07, 6.45) is 1.32. The minimum Gasteiger partial charge on any atom is -0.497 e. The van der Waals surface area contributed by atoms with E-state index in [1.807, 2.05) is 31.2 Å². The summed E-state index contributed by atoms with van der Waals surface area (Å²) in [5.41, 5.74) is 0.175. The topological polar surface area (TPSA) is 62.3 Å². The van der Waals surface area contributed by atoms with Crippen molar-refractivity contribution in [2.24, 2.45) is 0 Å². The van der Waals surface area contributed by atoms with Crippen LogP contribution in [0, 0.1) is 0 Å². The van der Waals surface area contributed by atoms with Gasteiger partial charge in [0.25, 0.3) is 5.91 Å². The number of urea groups is 1. The fourth-order valence-corrected chi connectivity index (χ4v) is 4.48. The maximum absolute atomic E-state index is 13.4. The highest BCUT2D eigenvalue weighted by atomic mass is 16.5. The third-order valence-electron chi connectivity index (χ3n) is 6.07. The van der Waals surface area contributed by atoms with Crippen LogP contribution in [0.25, 0.3) is 0 Å². The number of likely N-dealkylation sites (tertiary alicyclic amines) is 1. The maximum Gasteiger partial charge on any atom is 0.327 e. The number of amides is 3. The Kier molecular flexibility index (Phi) is 6.25. The predicted octanol–water partition coefficient (Wildman–Crippen LogP) is 2.35. The van der Waals surface area contributed by atoms with Gasteiger partial charge in [0.2, 0.25) is 0 Å². The molecular weight excluding hydrogens is 358 g/mol. The number of carbonyl (C=O) groups is 2. The number of hydrogen-bond donors (Lipinski definition) is 0. The van der Waals surface area contributed by atoms with Gasteiger partial charge in [0.15, 0.2) is 0 Å². The van der Waals surface area contributed by atoms with Gasteiger partial charge in [0.05, 0.1) is 20.3 Å². The van der Waals surface area contributed by atoms with E-state index in [-0.39, 0.29) is 18.5 Å². The summed E-state index contributed by atoms with van der Waals surface area (Å²) in [6, 6.07) is 7.64. The van der Waals surface area contributed by atoms with Gasteiger partial charge in [-0.2, -0.15) is 0 Å². The zero-order valence-electron chi connectivity index (χ0n) is 17.3. The lowest BCUT2D eigenvalue weighted by atomic mass is 9.85. The zero-order chi connectivity index (χ0) is 20.3. The molecule has 0 radical (unpaired) electrons. The molecule has 1 aromatic carbocycles. The Morgan fingerprint density at radius 2 is 1.89 bits per heavy atom. The zero-order valence-corrected chi connectivity index (χ0v) is 17.3. The van der Waals surface area contributed by atoms with E-state index in [0.717, 1.165) is 24.4 Å². The summed E-state index contributed by atoms with van der Waals surface area (Å²) in [5, 5.41) is 0. The van der Waals surface area contributed by atoms with Gasteiger partial charge in [-0.05, 0) is 44.4 Å². The monoisotopic (exact) mass is 389 g/mol. The van der Waals surface area contributed by atoms with Crippen LogP contribution in [0.1, 0.15) is 32.3 Å². The average molecular weight is 389 g/mol. The van der Waals surface area contributed by atoms with Crippen molar-refractivity contribution in [1.29, 1.82) is 0 Å². The number of methoxy groups -OCH3 is 2. The molecule has 28 heavy (non-hydrogen) atoms. The lowest BCUT2D eigenvalue weighted by Crippen LogP contribution is -2.58. The third-order valence-corrected chi connectivity index (χ3v) is 6.07. The van der Waals surface area contributed by atoms with Crippen molar-refractivity contribution >= 4 is 11.9 Å². The molecule has 2 fully saturated rings. The van der Waals surface area contributed by atoms with Gasteiger partial charge >= 0.3 is 6.03 Å². The molecular formula is C21H31N3O4. The Labute approximate surface area is 167 Å². The highest BCUT2D eigenvalue weighted by Crippen LogP contribution is 2.38. The third kappa shape index (κ3) is 3.61. The van der Waals surface area contributed by atoms with E-state index >= 15 is 0 Å². The van der Waals surface area contributed by atoms with Crippen molar-refractivity contribution in [3.63, 3.8) is 0 Å². The summed E-state index contributed by atoms with van der Waals surface area (Å²) >= 11 is 0. The number of rotatable bonds is 7. The van der Waals surface area contributed by atoms with Crippen LogP contribution >= 0.6 is 0 Å². The lowest BCUT2D eigenvalue weighted by Gasteiger charge is -2.43. The quantitative estimate of drug-likeness (QED) is 0.670. The molecule has 7 heteroatoms. The van der Waals surface area contributed by atoms with Crippen molar-refractivity contribution in [2.45, 2.75) is 44.8 Å². The molecule has 1 aromatic rings. The first-order valence-electron chi connectivity index (χ1n) is 9.96. The van der Waals surface area contributed by atoms with Gasteiger partial charge in [-0.3, -0.25) is 14.6 Å². The smallest absolute Gasteiger partial charge is 0.327 e. The Morgan fingerprint density at radius 1 is 1.18 bits per heavy atom. The van der Waals surface area contributed by atoms with E-state index in [0.29, 0.717) is 32.0 Å². The summed E-state index contributed by atoms with van der Waals surface area (Å²) in [6.45, 7) is 7.13. The van der Waals surface area contributed by atoms with Crippen molar-refractivity contribution in [3.05, 3.63) is 29.8 Å². The molecule has 2 aliphatic heterocycles. The molecule has 2 aliphatic rings. The fourth-order valence-electron chi connectivity index (χ4n) is 4.48. The first kappa shape index (κ1) is 20.6. The van der Waals surface area contributed by atoms with Gasteiger partial charge in [-0.25, -0.2) is 4.79 Å². The molecule has 3 rings (SSSR count). The average Bonchev–Trinajstić information content (AvgIpc) is 2.90. The van der Waals surface area contributed by atoms with E-state index in [4.69, 9.17) is 9.47 Å². The highest BCUT2D eigenvalue weighted by Gasteiger charge is 2.57. The molecule has 2 saturated heterocycles. The molecule has 1 atom stereocenters. The van der Waals surface area contributed by atoms with Gasteiger partial charge in [-0.15, -0.1) is 0 Å². The second-order valence-corrected chi connectivity index (χ2v) is 7.64. The second kappa shape index (κ2) is 8.49. The molecule has 0 aliphatic carbocycles. The molecule has 3 amide bonds. The second-order valence-electron chi connectivity index (χ2n) is 7.64. The minimum absolute atomic E-state index is 0.0683. The normalized spacial score (nSPS) is 20.9. The van der Waals surface area contributed by atoms with E-state index in [1.165, 1.54) is 4.90 Å². The van der Waals surface area contributed by atoms with E-state index in [9.17, 15) is 9.59 Å². The summed E-state index contributed by atoms with van der Waals surface area (Å²) in [4.78, 5) is 32.0. The Morgan fingerprint density at radius 3 is 2.50 bits per heavy atom. The number of carbonyl (C=O) groups excluding carboxylic acids is 2. The minimum atomic E-state index is -0.714. The number of piperidine rings is 1. The molecule has 2 heterocycles. The van der Waals surface area contributed by atoms with Gasteiger partial charge < -0.3 is 14.4 Å². The largest absolute Gasteiger partial charge is 0.497 e. The summed E-state index contributed by atoms with van der Waals surface area (Å²) in [7, 11) is 3.31. The van der Waals surface area contributed by atoms with Crippen LogP contribution in [0.15, 0.2) is 24.3 Å². The van der Waals surface area contributed by atoms with Crippen molar-refractivity contribution < 1.29 is 19.1 Å². The number of benzene rings is 1. The molecule has 1 spiro atoms. The Hall–Kier alpha value is -2.12. The van der Waals surface area contributed by atoms with Crippen LogP contribution in [0.3, 0.4) is 0 Å². The summed E-state index contributed by atoms with van der Waals surface area (Å²) in [5.74, 6) is 0.653. The molecule has 154 valence electrons. The number of ether oxygens (including phenoxy) is 2. The van der Waals surface area contributed by atoms with Crippen LogP contribution < -0.4 is 4.74 Å². The van der Waals surface area contributed by atoms with Crippen molar-refractivity contribution in [3.8, 4) is 5.75 Å². The molecule has 0 N–H and O–H groups in total. The van der Waals surface area contributed by atoms with Crippen LogP contribution in [-0.4, -0.2) is 78.7 Å². The lowest BCUT2D eigenvalue weighted by molar-refractivity contribution is -0.136. The van der Waals surface area contributed by atoms with E-state index in [1.54, 1.807) is 19.1 Å². The number of imide groups is 1. The van der Waals surface area contributed by atoms with E-state index < -0.39 is 5.54 Å². The van der Waals surface area contributed by atoms with Crippen LogP contribution in [-0.2, 0) is 16.1 Å². The number of likely N-dealkylation sites (N-methyl/N-ethyl adjacent to an activating group) is 1. The molecule has 0 saturated carbocycles. The SMILES string of the molecule is CCN1C(=O)N(Cc2cccc(OC)c2)C(=O)C12CCN(C(C)COC)CC2. The standard InChI is InChI=1S/C21H31N3O4/c1-5-24-20(26)23(14-17-7-6-8-18(13-17)28-4)19(25)21(24)9-11-22(12-10-21)16(2)15-27-3/h6-8,13,16H,5,9-12,14-15H2,1-4H3.